The second-order valence-electron chi connectivity index (χ2n) is 4.45. The zero-order valence-electron chi connectivity index (χ0n) is 12.0. The number of benzene rings is 1. The molecule has 1 aromatic carbocycles. The highest BCUT2D eigenvalue weighted by Gasteiger charge is 2.08. The fourth-order valence-corrected chi connectivity index (χ4v) is 2.12. The molecule has 23 heavy (non-hydrogen) atoms. The van der Waals surface area contributed by atoms with Crippen LogP contribution >= 0.6 is 23.2 Å². The fraction of sp³-hybridized carbons (Fsp3) is 0.200. The second kappa shape index (κ2) is 8.45. The Bertz CT molecular complexity index is 674. The molecule has 0 aliphatic heterocycles. The van der Waals surface area contributed by atoms with E-state index in [4.69, 9.17) is 32.4 Å². The van der Waals surface area contributed by atoms with E-state index in [1.165, 1.54) is 12.3 Å². The Labute approximate surface area is 142 Å². The molecule has 2 rings (SSSR count). The number of ether oxygens (including phenoxy) is 1. The largest absolute Gasteiger partial charge is 0.482 e. The van der Waals surface area contributed by atoms with E-state index in [0.717, 1.165) is 0 Å². The van der Waals surface area contributed by atoms with Gasteiger partial charge >= 0.3 is 0 Å². The van der Waals surface area contributed by atoms with E-state index >= 15 is 0 Å². The number of hydrogen-bond acceptors (Lipinski definition) is 4. The summed E-state index contributed by atoms with van der Waals surface area (Å²) in [6.45, 7) is 0.351. The van der Waals surface area contributed by atoms with Crippen LogP contribution in [-0.2, 0) is 4.79 Å². The fourth-order valence-electron chi connectivity index (χ4n) is 1.66. The van der Waals surface area contributed by atoms with Crippen LogP contribution in [0.5, 0.6) is 5.75 Å². The maximum atomic E-state index is 11.6. The van der Waals surface area contributed by atoms with Gasteiger partial charge in [-0.05, 0) is 30.3 Å². The van der Waals surface area contributed by atoms with Crippen LogP contribution in [0.3, 0.4) is 0 Å². The summed E-state index contributed by atoms with van der Waals surface area (Å²) in [7, 11) is 0. The van der Waals surface area contributed by atoms with Gasteiger partial charge in [0.25, 0.3) is 11.8 Å². The molecule has 0 aliphatic rings. The van der Waals surface area contributed by atoms with Crippen molar-refractivity contribution in [3.8, 4) is 5.75 Å². The Hall–Kier alpha value is -2.18. The van der Waals surface area contributed by atoms with Gasteiger partial charge in [-0.25, -0.2) is 0 Å². The summed E-state index contributed by atoms with van der Waals surface area (Å²) in [5.41, 5.74) is 0. The van der Waals surface area contributed by atoms with E-state index in [9.17, 15) is 9.59 Å². The van der Waals surface area contributed by atoms with Crippen LogP contribution in [0.1, 0.15) is 10.6 Å². The van der Waals surface area contributed by atoms with Gasteiger partial charge in [0, 0.05) is 18.1 Å². The van der Waals surface area contributed by atoms with E-state index in [-0.39, 0.29) is 37.3 Å². The Kier molecular flexibility index (Phi) is 6.31. The lowest BCUT2D eigenvalue weighted by Gasteiger charge is -2.09. The molecule has 0 aliphatic carbocycles. The van der Waals surface area contributed by atoms with Crippen LogP contribution in [-0.4, -0.2) is 31.5 Å². The first kappa shape index (κ1) is 17.2. The van der Waals surface area contributed by atoms with E-state index in [0.29, 0.717) is 15.8 Å². The van der Waals surface area contributed by atoms with Crippen molar-refractivity contribution in [1.29, 1.82) is 0 Å². The number of nitrogens with one attached hydrogen (secondary N) is 2. The summed E-state index contributed by atoms with van der Waals surface area (Å²) in [5, 5.41) is 6.03. The van der Waals surface area contributed by atoms with Crippen molar-refractivity contribution >= 4 is 35.0 Å². The molecule has 0 bridgehead atoms. The molecule has 6 nitrogen and oxygen atoms in total. The molecule has 1 aromatic heterocycles. The zero-order valence-corrected chi connectivity index (χ0v) is 13.5. The summed E-state index contributed by atoms with van der Waals surface area (Å²) in [6.07, 6.45) is 1.41. The van der Waals surface area contributed by atoms with Crippen molar-refractivity contribution in [2.45, 2.75) is 0 Å². The van der Waals surface area contributed by atoms with Gasteiger partial charge in [-0.15, -0.1) is 0 Å². The van der Waals surface area contributed by atoms with E-state index in [2.05, 4.69) is 10.6 Å². The average molecular weight is 357 g/mol. The first-order valence-corrected chi connectivity index (χ1v) is 7.48. The van der Waals surface area contributed by atoms with Crippen LogP contribution in [0, 0.1) is 0 Å². The SMILES string of the molecule is O=C(COc1ccc(Cl)cc1Cl)NCCNC(=O)c1ccco1. The molecular formula is C15H14Cl2N2O4. The molecule has 0 saturated heterocycles. The maximum Gasteiger partial charge on any atom is 0.287 e. The highest BCUT2D eigenvalue weighted by Crippen LogP contribution is 2.27. The van der Waals surface area contributed by atoms with Gasteiger partial charge in [0.2, 0.25) is 0 Å². The number of rotatable bonds is 7. The predicted octanol–water partition coefficient (Wildman–Crippen LogP) is 2.51. The number of carbonyl (C=O) groups is 2. The standard InChI is InChI=1S/C15H14Cl2N2O4/c16-10-3-4-12(11(17)8-10)23-9-14(20)18-5-6-19-15(21)13-2-1-7-22-13/h1-4,7-8H,5-6,9H2,(H,18,20)(H,19,21). The number of hydrogen-bond donors (Lipinski definition) is 2. The first-order valence-electron chi connectivity index (χ1n) is 6.72. The van der Waals surface area contributed by atoms with Gasteiger partial charge < -0.3 is 19.8 Å². The number of halogens is 2. The first-order chi connectivity index (χ1) is 11.1. The minimum absolute atomic E-state index is 0.187. The van der Waals surface area contributed by atoms with Gasteiger partial charge in [0.15, 0.2) is 12.4 Å². The Morgan fingerprint density at radius 1 is 1.13 bits per heavy atom. The molecule has 0 unspecified atom stereocenters. The molecule has 0 fully saturated rings. The molecule has 0 radical (unpaired) electrons. The van der Waals surface area contributed by atoms with E-state index in [1.54, 1.807) is 24.3 Å². The summed E-state index contributed by atoms with van der Waals surface area (Å²) < 4.78 is 10.2. The maximum absolute atomic E-state index is 11.6. The lowest BCUT2D eigenvalue weighted by Crippen LogP contribution is -2.36. The van der Waals surface area contributed by atoms with Crippen molar-refractivity contribution in [1.82, 2.24) is 10.6 Å². The molecular weight excluding hydrogens is 343 g/mol. The second-order valence-corrected chi connectivity index (χ2v) is 5.29. The number of furan rings is 1. The molecule has 2 N–H and O–H groups in total. The van der Waals surface area contributed by atoms with Gasteiger partial charge in [-0.1, -0.05) is 23.2 Å². The highest BCUT2D eigenvalue weighted by molar-refractivity contribution is 6.35. The molecule has 2 aromatic rings. The monoisotopic (exact) mass is 356 g/mol. The van der Waals surface area contributed by atoms with Crippen molar-refractivity contribution in [2.75, 3.05) is 19.7 Å². The molecule has 1 heterocycles. The lowest BCUT2D eigenvalue weighted by atomic mass is 10.3. The zero-order chi connectivity index (χ0) is 16.7. The smallest absolute Gasteiger partial charge is 0.287 e. The van der Waals surface area contributed by atoms with Crippen molar-refractivity contribution in [2.24, 2.45) is 0 Å². The lowest BCUT2D eigenvalue weighted by molar-refractivity contribution is -0.123. The summed E-state index contributed by atoms with van der Waals surface area (Å²) in [4.78, 5) is 23.2. The van der Waals surface area contributed by atoms with Gasteiger partial charge in [-0.2, -0.15) is 0 Å². The molecule has 0 spiro atoms. The Balaban J connectivity index is 1.64. The minimum atomic E-state index is -0.339. The molecule has 8 heteroatoms. The molecule has 0 saturated carbocycles. The molecule has 122 valence electrons. The third kappa shape index (κ3) is 5.50. The van der Waals surface area contributed by atoms with Gasteiger partial charge in [0.05, 0.1) is 11.3 Å². The van der Waals surface area contributed by atoms with Crippen LogP contribution in [0.15, 0.2) is 41.0 Å². The third-order valence-corrected chi connectivity index (χ3v) is 3.26. The quantitative estimate of drug-likeness (QED) is 0.747. The van der Waals surface area contributed by atoms with Crippen LogP contribution in [0.2, 0.25) is 10.0 Å². The van der Waals surface area contributed by atoms with Crippen molar-refractivity contribution < 1.29 is 18.7 Å². The average Bonchev–Trinajstić information content (AvgIpc) is 3.05. The Morgan fingerprint density at radius 2 is 1.91 bits per heavy atom. The van der Waals surface area contributed by atoms with Crippen molar-refractivity contribution in [3.05, 3.63) is 52.4 Å². The number of amides is 2. The number of carbonyl (C=O) groups excluding carboxylic acids is 2. The van der Waals surface area contributed by atoms with Gasteiger partial charge in [-0.3, -0.25) is 9.59 Å². The topological polar surface area (TPSA) is 80.6 Å². The van der Waals surface area contributed by atoms with E-state index < -0.39 is 0 Å². The predicted molar refractivity (Wildman–Crippen MR) is 86.0 cm³/mol. The van der Waals surface area contributed by atoms with Crippen LogP contribution in [0.4, 0.5) is 0 Å². The van der Waals surface area contributed by atoms with Gasteiger partial charge in [0.1, 0.15) is 5.75 Å². The Morgan fingerprint density at radius 3 is 2.61 bits per heavy atom. The summed E-state index contributed by atoms with van der Waals surface area (Å²) in [6, 6.07) is 7.90. The molecule has 2 amide bonds. The summed E-state index contributed by atoms with van der Waals surface area (Å²) in [5.74, 6) is -0.0777. The van der Waals surface area contributed by atoms with Crippen LogP contribution < -0.4 is 15.4 Å². The highest BCUT2D eigenvalue weighted by atomic mass is 35.5. The van der Waals surface area contributed by atoms with Crippen LogP contribution in [0.25, 0.3) is 0 Å². The third-order valence-electron chi connectivity index (χ3n) is 2.73. The van der Waals surface area contributed by atoms with Crippen molar-refractivity contribution in [3.63, 3.8) is 0 Å². The minimum Gasteiger partial charge on any atom is -0.482 e. The van der Waals surface area contributed by atoms with E-state index in [1.807, 2.05) is 0 Å². The molecule has 0 atom stereocenters. The normalized spacial score (nSPS) is 10.2. The summed E-state index contributed by atoms with van der Waals surface area (Å²) >= 11 is 11.7.